The van der Waals surface area contributed by atoms with Crippen LogP contribution in [0.15, 0.2) is 12.4 Å². The van der Waals surface area contributed by atoms with Gasteiger partial charge in [-0.1, -0.05) is 0 Å². The molecule has 0 aromatic carbocycles. The minimum atomic E-state index is -1.11. The van der Waals surface area contributed by atoms with E-state index in [1.165, 1.54) is 6.20 Å². The number of aliphatic carboxylic acids is 1. The van der Waals surface area contributed by atoms with Crippen LogP contribution in [0.5, 0.6) is 0 Å². The van der Waals surface area contributed by atoms with Crippen molar-refractivity contribution in [3.63, 3.8) is 0 Å². The van der Waals surface area contributed by atoms with E-state index in [0.29, 0.717) is 12.2 Å². The quantitative estimate of drug-likeness (QED) is 0.712. The summed E-state index contributed by atoms with van der Waals surface area (Å²) in [5.74, 6) is -1.11. The lowest BCUT2D eigenvalue weighted by Crippen LogP contribution is -2.43. The molecule has 19 heavy (non-hydrogen) atoms. The van der Waals surface area contributed by atoms with Gasteiger partial charge < -0.3 is 20.4 Å². The second-order valence-corrected chi connectivity index (χ2v) is 4.41. The highest BCUT2D eigenvalue weighted by atomic mass is 16.4. The molecule has 2 amide bonds. The van der Waals surface area contributed by atoms with Crippen LogP contribution in [0.1, 0.15) is 13.3 Å². The van der Waals surface area contributed by atoms with Gasteiger partial charge in [-0.3, -0.25) is 4.68 Å². The number of rotatable bonds is 3. The predicted molar refractivity (Wildman–Crippen MR) is 65.7 cm³/mol. The lowest BCUT2D eigenvalue weighted by atomic mass is 10.2. The Bertz CT molecular complexity index is 487. The number of aromatic nitrogens is 2. The Morgan fingerprint density at radius 3 is 2.89 bits per heavy atom. The SMILES string of the molecule is CCn1cc(NC(=O)N2C[C@H](O)C[C@@H]2C(=O)O)cn1. The lowest BCUT2D eigenvalue weighted by Gasteiger charge is -2.20. The van der Waals surface area contributed by atoms with E-state index in [1.54, 1.807) is 10.9 Å². The number of carbonyl (C=O) groups excluding carboxylic acids is 1. The number of carboxylic acid groups (broad SMARTS) is 1. The molecule has 0 saturated carbocycles. The molecule has 2 rings (SSSR count). The number of amides is 2. The van der Waals surface area contributed by atoms with E-state index >= 15 is 0 Å². The molecule has 8 nitrogen and oxygen atoms in total. The first-order chi connectivity index (χ1) is 9.01. The smallest absolute Gasteiger partial charge is 0.326 e. The molecule has 1 aromatic rings. The Labute approximate surface area is 109 Å². The Hall–Kier alpha value is -2.09. The maximum atomic E-state index is 12.0. The van der Waals surface area contributed by atoms with Crippen LogP contribution in [0.2, 0.25) is 0 Å². The average molecular weight is 268 g/mol. The predicted octanol–water partition coefficient (Wildman–Crippen LogP) is -0.0453. The van der Waals surface area contributed by atoms with Crippen LogP contribution in [0.4, 0.5) is 10.5 Å². The van der Waals surface area contributed by atoms with Crippen molar-refractivity contribution in [2.45, 2.75) is 32.0 Å². The van der Waals surface area contributed by atoms with Gasteiger partial charge in [-0.05, 0) is 6.92 Å². The molecule has 8 heteroatoms. The van der Waals surface area contributed by atoms with Crippen LogP contribution in [0.3, 0.4) is 0 Å². The molecule has 1 saturated heterocycles. The largest absolute Gasteiger partial charge is 0.480 e. The van der Waals surface area contributed by atoms with Gasteiger partial charge in [0.2, 0.25) is 0 Å². The van der Waals surface area contributed by atoms with Crippen LogP contribution in [0.25, 0.3) is 0 Å². The topological polar surface area (TPSA) is 108 Å². The number of nitrogens with one attached hydrogen (secondary N) is 1. The Morgan fingerprint density at radius 2 is 2.32 bits per heavy atom. The van der Waals surface area contributed by atoms with Gasteiger partial charge in [-0.2, -0.15) is 5.10 Å². The number of aliphatic hydroxyl groups is 1. The second-order valence-electron chi connectivity index (χ2n) is 4.41. The van der Waals surface area contributed by atoms with E-state index in [0.717, 1.165) is 4.90 Å². The normalized spacial score (nSPS) is 22.5. The molecule has 1 fully saturated rings. The molecule has 1 aliphatic rings. The number of carboxylic acids is 1. The molecule has 1 aromatic heterocycles. The van der Waals surface area contributed by atoms with Crippen molar-refractivity contribution in [3.8, 4) is 0 Å². The van der Waals surface area contributed by atoms with Crippen molar-refractivity contribution < 1.29 is 19.8 Å². The van der Waals surface area contributed by atoms with E-state index in [1.807, 2.05) is 6.92 Å². The second kappa shape index (κ2) is 5.27. The summed E-state index contributed by atoms with van der Waals surface area (Å²) in [7, 11) is 0. The zero-order valence-electron chi connectivity index (χ0n) is 10.5. The number of aliphatic hydroxyl groups excluding tert-OH is 1. The summed E-state index contributed by atoms with van der Waals surface area (Å²) < 4.78 is 1.64. The molecule has 1 aliphatic heterocycles. The van der Waals surface area contributed by atoms with E-state index in [4.69, 9.17) is 5.11 Å². The van der Waals surface area contributed by atoms with Crippen molar-refractivity contribution in [1.29, 1.82) is 0 Å². The molecule has 3 N–H and O–H groups in total. The van der Waals surface area contributed by atoms with Gasteiger partial charge in [0.15, 0.2) is 0 Å². The van der Waals surface area contributed by atoms with Gasteiger partial charge in [-0.15, -0.1) is 0 Å². The molecule has 2 atom stereocenters. The van der Waals surface area contributed by atoms with Gasteiger partial charge in [0.25, 0.3) is 0 Å². The van der Waals surface area contributed by atoms with E-state index in [-0.39, 0.29) is 13.0 Å². The van der Waals surface area contributed by atoms with Gasteiger partial charge >= 0.3 is 12.0 Å². The maximum Gasteiger partial charge on any atom is 0.326 e. The average Bonchev–Trinajstić information content (AvgIpc) is 2.95. The molecular weight excluding hydrogens is 252 g/mol. The van der Waals surface area contributed by atoms with E-state index in [9.17, 15) is 14.7 Å². The number of urea groups is 1. The fraction of sp³-hybridized carbons (Fsp3) is 0.545. The van der Waals surface area contributed by atoms with Gasteiger partial charge in [0.05, 0.1) is 18.0 Å². The first-order valence-electron chi connectivity index (χ1n) is 6.02. The van der Waals surface area contributed by atoms with Crippen LogP contribution in [0, 0.1) is 0 Å². The molecule has 0 spiro atoms. The number of carbonyl (C=O) groups is 2. The van der Waals surface area contributed by atoms with Crippen LogP contribution in [-0.4, -0.2) is 55.6 Å². The minimum absolute atomic E-state index is 0.0186. The summed E-state index contributed by atoms with van der Waals surface area (Å²) >= 11 is 0. The Morgan fingerprint density at radius 1 is 1.58 bits per heavy atom. The third-order valence-electron chi connectivity index (χ3n) is 3.03. The summed E-state index contributed by atoms with van der Waals surface area (Å²) in [6.07, 6.45) is 2.39. The summed E-state index contributed by atoms with van der Waals surface area (Å²) in [4.78, 5) is 24.1. The van der Waals surface area contributed by atoms with Crippen LogP contribution < -0.4 is 5.32 Å². The van der Waals surface area contributed by atoms with E-state index < -0.39 is 24.1 Å². The zero-order chi connectivity index (χ0) is 14.0. The van der Waals surface area contributed by atoms with Crippen molar-refractivity contribution in [2.24, 2.45) is 0 Å². The third kappa shape index (κ3) is 2.84. The monoisotopic (exact) mass is 268 g/mol. The number of β-amino-alcohol motifs (C(OH)–C–C–N with tert-alkyl or cyclic N) is 1. The Kier molecular flexibility index (Phi) is 3.70. The first kappa shape index (κ1) is 13.3. The maximum absolute atomic E-state index is 12.0. The van der Waals surface area contributed by atoms with Crippen molar-refractivity contribution in [1.82, 2.24) is 14.7 Å². The number of nitrogens with zero attached hydrogens (tertiary/aromatic N) is 3. The fourth-order valence-electron chi connectivity index (χ4n) is 2.07. The van der Waals surface area contributed by atoms with Gasteiger partial charge in [0, 0.05) is 25.7 Å². The summed E-state index contributed by atoms with van der Waals surface area (Å²) in [6, 6.07) is -1.53. The number of anilines is 1. The standard InChI is InChI=1S/C11H16N4O4/c1-2-14-5-7(4-12-14)13-11(19)15-6-8(16)3-9(15)10(17)18/h4-5,8-9,16H,2-3,6H2,1H3,(H,13,19)(H,17,18)/t8-,9-/m1/s1. The fourth-order valence-corrected chi connectivity index (χ4v) is 2.07. The zero-order valence-corrected chi connectivity index (χ0v) is 10.5. The number of likely N-dealkylation sites (tertiary alicyclic amines) is 1. The van der Waals surface area contributed by atoms with Crippen molar-refractivity contribution in [2.75, 3.05) is 11.9 Å². The lowest BCUT2D eigenvalue weighted by molar-refractivity contribution is -0.141. The third-order valence-corrected chi connectivity index (χ3v) is 3.03. The first-order valence-corrected chi connectivity index (χ1v) is 6.02. The highest BCUT2D eigenvalue weighted by Gasteiger charge is 2.39. The van der Waals surface area contributed by atoms with Crippen LogP contribution in [-0.2, 0) is 11.3 Å². The summed E-state index contributed by atoms with van der Waals surface area (Å²) in [5.41, 5.74) is 0.498. The molecule has 0 radical (unpaired) electrons. The highest BCUT2D eigenvalue weighted by Crippen LogP contribution is 2.19. The van der Waals surface area contributed by atoms with Crippen molar-refractivity contribution >= 4 is 17.7 Å². The minimum Gasteiger partial charge on any atom is -0.480 e. The Balaban J connectivity index is 2.04. The van der Waals surface area contributed by atoms with Gasteiger partial charge in [0.1, 0.15) is 6.04 Å². The molecular formula is C11H16N4O4. The summed E-state index contributed by atoms with van der Waals surface area (Å²) in [6.45, 7) is 2.61. The molecule has 0 unspecified atom stereocenters. The molecule has 0 aliphatic carbocycles. The van der Waals surface area contributed by atoms with Crippen molar-refractivity contribution in [3.05, 3.63) is 12.4 Å². The van der Waals surface area contributed by atoms with E-state index in [2.05, 4.69) is 10.4 Å². The summed E-state index contributed by atoms with van der Waals surface area (Å²) in [5, 5.41) is 25.1. The molecule has 0 bridgehead atoms. The number of hydrogen-bond acceptors (Lipinski definition) is 4. The number of aryl methyl sites for hydroxylation is 1. The highest BCUT2D eigenvalue weighted by molar-refractivity contribution is 5.92. The molecule has 2 heterocycles. The van der Waals surface area contributed by atoms with Gasteiger partial charge in [-0.25, -0.2) is 9.59 Å². The number of hydrogen-bond donors (Lipinski definition) is 3. The molecule has 104 valence electrons. The van der Waals surface area contributed by atoms with Crippen LogP contribution >= 0.6 is 0 Å².